The summed E-state index contributed by atoms with van der Waals surface area (Å²) in [7, 11) is 0. The molecule has 1 saturated heterocycles. The molecule has 1 N–H and O–H groups in total. The van der Waals surface area contributed by atoms with Gasteiger partial charge in [0.2, 0.25) is 11.8 Å². The maximum Gasteiger partial charge on any atom is 0.225 e. The molecule has 1 fully saturated rings. The van der Waals surface area contributed by atoms with E-state index in [0.717, 1.165) is 38.0 Å². The molecule has 1 aromatic carbocycles. The van der Waals surface area contributed by atoms with Crippen molar-refractivity contribution in [2.75, 3.05) is 19.6 Å². The zero-order valence-corrected chi connectivity index (χ0v) is 14.3. The van der Waals surface area contributed by atoms with Crippen molar-refractivity contribution in [1.82, 2.24) is 10.2 Å². The van der Waals surface area contributed by atoms with Crippen molar-refractivity contribution >= 4 is 11.8 Å². The second-order valence-corrected chi connectivity index (χ2v) is 6.73. The van der Waals surface area contributed by atoms with Gasteiger partial charge in [-0.1, -0.05) is 25.1 Å². The lowest BCUT2D eigenvalue weighted by Gasteiger charge is -2.32. The summed E-state index contributed by atoms with van der Waals surface area (Å²) in [6.07, 6.45) is 4.02. The smallest absolute Gasteiger partial charge is 0.225 e. The van der Waals surface area contributed by atoms with Crippen molar-refractivity contribution in [2.24, 2.45) is 5.92 Å². The third kappa shape index (κ3) is 3.89. The number of para-hydroxylation sites is 1. The van der Waals surface area contributed by atoms with Crippen molar-refractivity contribution in [1.29, 1.82) is 0 Å². The lowest BCUT2D eigenvalue weighted by atomic mass is 9.96. The Hall–Kier alpha value is -2.04. The second kappa shape index (κ2) is 7.69. The minimum atomic E-state index is -0.0941. The minimum absolute atomic E-state index is 0.00719. The van der Waals surface area contributed by atoms with E-state index in [2.05, 4.69) is 11.4 Å². The molecule has 5 nitrogen and oxygen atoms in total. The number of piperidine rings is 1. The van der Waals surface area contributed by atoms with Gasteiger partial charge in [0.25, 0.3) is 0 Å². The van der Waals surface area contributed by atoms with E-state index < -0.39 is 0 Å². The van der Waals surface area contributed by atoms with Gasteiger partial charge in [0.05, 0.1) is 12.5 Å². The number of rotatable bonds is 5. The van der Waals surface area contributed by atoms with Gasteiger partial charge >= 0.3 is 0 Å². The number of benzene rings is 1. The molecule has 2 amide bonds. The molecule has 24 heavy (non-hydrogen) atoms. The average molecular weight is 330 g/mol. The van der Waals surface area contributed by atoms with Crippen LogP contribution in [0.1, 0.15) is 38.2 Å². The molecule has 0 spiro atoms. The number of carbonyl (C=O) groups excluding carboxylic acids is 2. The molecule has 2 unspecified atom stereocenters. The Balaban J connectivity index is 1.46. The number of likely N-dealkylation sites (tertiary alicyclic amines) is 1. The Morgan fingerprint density at radius 2 is 2.17 bits per heavy atom. The van der Waals surface area contributed by atoms with Crippen LogP contribution in [0.3, 0.4) is 0 Å². The van der Waals surface area contributed by atoms with Gasteiger partial charge in [0, 0.05) is 25.9 Å². The van der Waals surface area contributed by atoms with Crippen LogP contribution >= 0.6 is 0 Å². The molecule has 2 aliphatic heterocycles. The normalized spacial score (nSPS) is 22.6. The van der Waals surface area contributed by atoms with Crippen LogP contribution in [0.25, 0.3) is 0 Å². The summed E-state index contributed by atoms with van der Waals surface area (Å²) in [6.45, 7) is 3.86. The van der Waals surface area contributed by atoms with Crippen LogP contribution < -0.4 is 10.1 Å². The predicted molar refractivity (Wildman–Crippen MR) is 91.8 cm³/mol. The van der Waals surface area contributed by atoms with Gasteiger partial charge in [0.1, 0.15) is 11.9 Å². The molecule has 1 aromatic rings. The van der Waals surface area contributed by atoms with E-state index in [4.69, 9.17) is 4.74 Å². The summed E-state index contributed by atoms with van der Waals surface area (Å²) in [5, 5.41) is 3.02. The Morgan fingerprint density at radius 1 is 1.33 bits per heavy atom. The van der Waals surface area contributed by atoms with Crippen LogP contribution in [0.15, 0.2) is 24.3 Å². The topological polar surface area (TPSA) is 58.6 Å². The number of ether oxygens (including phenoxy) is 1. The molecule has 0 aliphatic carbocycles. The van der Waals surface area contributed by atoms with Gasteiger partial charge < -0.3 is 15.0 Å². The van der Waals surface area contributed by atoms with E-state index in [1.807, 2.05) is 30.0 Å². The van der Waals surface area contributed by atoms with Crippen molar-refractivity contribution < 1.29 is 14.3 Å². The first-order chi connectivity index (χ1) is 11.7. The van der Waals surface area contributed by atoms with E-state index in [1.54, 1.807) is 0 Å². The maximum atomic E-state index is 12.4. The van der Waals surface area contributed by atoms with Crippen LogP contribution in [-0.2, 0) is 16.0 Å². The molecule has 0 radical (unpaired) electrons. The molecule has 2 aliphatic rings. The molecule has 5 heteroatoms. The van der Waals surface area contributed by atoms with E-state index in [-0.39, 0.29) is 23.8 Å². The lowest BCUT2D eigenvalue weighted by Crippen LogP contribution is -2.46. The number of nitrogens with one attached hydrogen (secondary N) is 1. The monoisotopic (exact) mass is 330 g/mol. The van der Waals surface area contributed by atoms with E-state index in [1.165, 1.54) is 5.56 Å². The molecule has 0 aromatic heterocycles. The fourth-order valence-electron chi connectivity index (χ4n) is 3.52. The van der Waals surface area contributed by atoms with E-state index in [9.17, 15) is 9.59 Å². The summed E-state index contributed by atoms with van der Waals surface area (Å²) in [4.78, 5) is 26.3. The highest BCUT2D eigenvalue weighted by Crippen LogP contribution is 2.27. The Kier molecular flexibility index (Phi) is 5.38. The fraction of sp³-hybridized carbons (Fsp3) is 0.579. The highest BCUT2D eigenvalue weighted by molar-refractivity contribution is 5.81. The minimum Gasteiger partial charge on any atom is -0.488 e. The second-order valence-electron chi connectivity index (χ2n) is 6.73. The number of amides is 2. The van der Waals surface area contributed by atoms with Crippen LogP contribution in [0.5, 0.6) is 5.75 Å². The van der Waals surface area contributed by atoms with Crippen molar-refractivity contribution in [3.8, 4) is 5.75 Å². The largest absolute Gasteiger partial charge is 0.488 e. The molecular formula is C19H26N2O3. The standard InChI is InChI=1S/C19H26N2O3/c1-2-6-18(22)21-10-5-8-15(13-21)19(23)20-12-16-11-14-7-3-4-9-17(14)24-16/h3-4,7,9,15-16H,2,5-6,8,10-13H2,1H3,(H,20,23). The average Bonchev–Trinajstić information content (AvgIpc) is 3.03. The van der Waals surface area contributed by atoms with Crippen LogP contribution in [0, 0.1) is 5.92 Å². The summed E-state index contributed by atoms with van der Waals surface area (Å²) < 4.78 is 5.86. The zero-order valence-electron chi connectivity index (χ0n) is 14.3. The van der Waals surface area contributed by atoms with Gasteiger partial charge in [-0.05, 0) is 30.9 Å². The van der Waals surface area contributed by atoms with Crippen LogP contribution in [0.4, 0.5) is 0 Å². The molecule has 2 atom stereocenters. The Labute approximate surface area is 143 Å². The first-order valence-electron chi connectivity index (χ1n) is 8.97. The summed E-state index contributed by atoms with van der Waals surface area (Å²) >= 11 is 0. The fourth-order valence-corrected chi connectivity index (χ4v) is 3.52. The number of fused-ring (bicyclic) bond motifs is 1. The SMILES string of the molecule is CCCC(=O)N1CCCC(C(=O)NCC2Cc3ccccc3O2)C1. The van der Waals surface area contributed by atoms with Gasteiger partial charge in [-0.2, -0.15) is 0 Å². The quantitative estimate of drug-likeness (QED) is 0.900. The van der Waals surface area contributed by atoms with Crippen molar-refractivity contribution in [2.45, 2.75) is 45.1 Å². The predicted octanol–water partition coefficient (Wildman–Crippen LogP) is 2.14. The van der Waals surface area contributed by atoms with Gasteiger partial charge in [-0.15, -0.1) is 0 Å². The van der Waals surface area contributed by atoms with Crippen LogP contribution in [-0.4, -0.2) is 42.5 Å². The number of carbonyl (C=O) groups is 2. The van der Waals surface area contributed by atoms with Crippen LogP contribution in [0.2, 0.25) is 0 Å². The zero-order chi connectivity index (χ0) is 16.9. The van der Waals surface area contributed by atoms with E-state index >= 15 is 0 Å². The third-order valence-corrected chi connectivity index (χ3v) is 4.83. The van der Waals surface area contributed by atoms with Gasteiger partial charge in [0.15, 0.2) is 0 Å². The van der Waals surface area contributed by atoms with Crippen molar-refractivity contribution in [3.63, 3.8) is 0 Å². The van der Waals surface area contributed by atoms with Gasteiger partial charge in [-0.25, -0.2) is 0 Å². The summed E-state index contributed by atoms with van der Waals surface area (Å²) in [5.74, 6) is 1.04. The molecular weight excluding hydrogens is 304 g/mol. The Morgan fingerprint density at radius 3 is 2.96 bits per heavy atom. The number of nitrogens with zero attached hydrogens (tertiary/aromatic N) is 1. The highest BCUT2D eigenvalue weighted by atomic mass is 16.5. The molecule has 3 rings (SSSR count). The molecule has 130 valence electrons. The molecule has 0 saturated carbocycles. The molecule has 0 bridgehead atoms. The highest BCUT2D eigenvalue weighted by Gasteiger charge is 2.29. The van der Waals surface area contributed by atoms with E-state index in [0.29, 0.717) is 19.5 Å². The summed E-state index contributed by atoms with van der Waals surface area (Å²) in [6, 6.07) is 8.00. The van der Waals surface area contributed by atoms with Gasteiger partial charge in [-0.3, -0.25) is 9.59 Å². The molecule has 2 heterocycles. The number of hydrogen-bond acceptors (Lipinski definition) is 3. The first-order valence-corrected chi connectivity index (χ1v) is 8.97. The number of hydrogen-bond donors (Lipinski definition) is 1. The summed E-state index contributed by atoms with van der Waals surface area (Å²) in [5.41, 5.74) is 1.20. The Bertz CT molecular complexity index is 577. The lowest BCUT2D eigenvalue weighted by molar-refractivity contribution is -0.135. The third-order valence-electron chi connectivity index (χ3n) is 4.83. The maximum absolute atomic E-state index is 12.4. The van der Waals surface area contributed by atoms with Crippen molar-refractivity contribution in [3.05, 3.63) is 29.8 Å². The first kappa shape index (κ1) is 16.8.